The molecule has 0 atom stereocenters. The minimum Gasteiger partial charge on any atom is -0.355 e. The van der Waals surface area contributed by atoms with E-state index in [9.17, 15) is 0 Å². The van der Waals surface area contributed by atoms with Gasteiger partial charge in [0.25, 0.3) is 0 Å². The van der Waals surface area contributed by atoms with Crippen LogP contribution < -0.4 is 15.5 Å². The molecule has 28 heavy (non-hydrogen) atoms. The number of thioether (sulfide) groups is 1. The van der Waals surface area contributed by atoms with Gasteiger partial charge in [0.2, 0.25) is 0 Å². The summed E-state index contributed by atoms with van der Waals surface area (Å²) in [6.45, 7) is 4.14. The van der Waals surface area contributed by atoms with Gasteiger partial charge < -0.3 is 15.5 Å². The Labute approximate surface area is 195 Å². The molecule has 2 fully saturated rings. The van der Waals surface area contributed by atoms with Crippen LogP contribution in [-0.2, 0) is 6.54 Å². The van der Waals surface area contributed by atoms with Crippen LogP contribution in [-0.4, -0.2) is 73.7 Å². The van der Waals surface area contributed by atoms with Crippen molar-refractivity contribution < 1.29 is 0 Å². The molecule has 0 bridgehead atoms. The number of nitrogens with zero attached hydrogens (tertiary/aromatic N) is 4. The molecule has 160 valence electrons. The van der Waals surface area contributed by atoms with Gasteiger partial charge in [-0.2, -0.15) is 11.8 Å². The molecule has 1 aromatic rings. The Balaban J connectivity index is 0.00000280. The van der Waals surface area contributed by atoms with Gasteiger partial charge in [0.1, 0.15) is 0 Å². The van der Waals surface area contributed by atoms with E-state index < -0.39 is 0 Å². The number of hydrogen-bond donors (Lipinski definition) is 2. The van der Waals surface area contributed by atoms with Gasteiger partial charge in [0, 0.05) is 63.2 Å². The molecular formula is C19H35IN6S2. The third-order valence-corrected chi connectivity index (χ3v) is 7.63. The van der Waals surface area contributed by atoms with Gasteiger partial charge in [-0.3, -0.25) is 9.89 Å². The molecule has 2 aliphatic rings. The van der Waals surface area contributed by atoms with Gasteiger partial charge in [-0.15, -0.1) is 35.3 Å². The fourth-order valence-corrected chi connectivity index (χ4v) is 5.74. The van der Waals surface area contributed by atoms with E-state index >= 15 is 0 Å². The minimum atomic E-state index is 0. The lowest BCUT2D eigenvalue weighted by molar-refractivity contribution is 0.0626. The van der Waals surface area contributed by atoms with Crippen LogP contribution in [0.25, 0.3) is 0 Å². The van der Waals surface area contributed by atoms with Crippen LogP contribution in [0.2, 0.25) is 0 Å². The Kier molecular flexibility index (Phi) is 10.1. The van der Waals surface area contributed by atoms with Crippen molar-refractivity contribution >= 4 is 58.2 Å². The third-order valence-electron chi connectivity index (χ3n) is 5.63. The maximum atomic E-state index is 4.64. The molecule has 1 aliphatic carbocycles. The average Bonchev–Trinajstić information content (AvgIpc) is 3.19. The Morgan fingerprint density at radius 1 is 1.21 bits per heavy atom. The van der Waals surface area contributed by atoms with Crippen molar-refractivity contribution in [1.82, 2.24) is 20.5 Å². The van der Waals surface area contributed by atoms with Gasteiger partial charge >= 0.3 is 0 Å². The summed E-state index contributed by atoms with van der Waals surface area (Å²) in [5.41, 5.74) is 1.36. The van der Waals surface area contributed by atoms with Crippen molar-refractivity contribution in [2.45, 2.75) is 44.2 Å². The van der Waals surface area contributed by atoms with E-state index in [1.54, 1.807) is 11.3 Å². The number of aromatic nitrogens is 1. The molecule has 0 aromatic carbocycles. The smallest absolute Gasteiger partial charge is 0.191 e. The average molecular weight is 539 g/mol. The lowest BCUT2D eigenvalue weighted by Crippen LogP contribution is -2.59. The van der Waals surface area contributed by atoms with Gasteiger partial charge in [-0.05, 0) is 12.8 Å². The maximum Gasteiger partial charge on any atom is 0.191 e. The minimum absolute atomic E-state index is 0. The number of rotatable bonds is 6. The highest BCUT2D eigenvalue weighted by molar-refractivity contribution is 14.0. The second kappa shape index (κ2) is 11.8. The number of guanidine groups is 1. The highest BCUT2D eigenvalue weighted by Gasteiger charge is 2.38. The Hall–Kier alpha value is -0.260. The number of anilines is 1. The molecule has 1 saturated heterocycles. The number of halogens is 1. The SMILES string of the molecule is CN=C(NCc1csc(N(C)C)n1)NCC1(N2CCSCC2)CCCCC1.I. The van der Waals surface area contributed by atoms with E-state index in [1.165, 1.54) is 56.7 Å². The maximum absolute atomic E-state index is 4.64. The number of nitrogens with one attached hydrogen (secondary N) is 2. The van der Waals surface area contributed by atoms with E-state index in [1.807, 2.05) is 26.0 Å². The highest BCUT2D eigenvalue weighted by atomic mass is 127. The predicted molar refractivity (Wildman–Crippen MR) is 135 cm³/mol. The zero-order chi connectivity index (χ0) is 19.1. The van der Waals surface area contributed by atoms with Gasteiger partial charge in [-0.25, -0.2) is 4.98 Å². The van der Waals surface area contributed by atoms with Crippen molar-refractivity contribution in [1.29, 1.82) is 0 Å². The predicted octanol–water partition coefficient (Wildman–Crippen LogP) is 3.24. The fourth-order valence-electron chi connectivity index (χ4n) is 4.08. The Morgan fingerprint density at radius 2 is 1.93 bits per heavy atom. The van der Waals surface area contributed by atoms with Gasteiger partial charge in [0.15, 0.2) is 11.1 Å². The molecule has 9 heteroatoms. The van der Waals surface area contributed by atoms with E-state index in [2.05, 4.69) is 42.7 Å². The first-order valence-electron chi connectivity index (χ1n) is 10.0. The largest absolute Gasteiger partial charge is 0.355 e. The lowest BCUT2D eigenvalue weighted by atomic mass is 9.80. The molecule has 6 nitrogen and oxygen atoms in total. The van der Waals surface area contributed by atoms with Crippen molar-refractivity contribution in [3.63, 3.8) is 0 Å². The molecule has 2 N–H and O–H groups in total. The second-order valence-corrected chi connectivity index (χ2v) is 9.74. The molecule has 1 aromatic heterocycles. The molecule has 0 spiro atoms. The second-order valence-electron chi connectivity index (χ2n) is 7.68. The van der Waals surface area contributed by atoms with E-state index in [0.717, 1.165) is 23.3 Å². The number of hydrogen-bond acceptors (Lipinski definition) is 6. The van der Waals surface area contributed by atoms with Crippen LogP contribution in [0, 0.1) is 0 Å². The summed E-state index contributed by atoms with van der Waals surface area (Å²) in [5.74, 6) is 3.42. The fraction of sp³-hybridized carbons (Fsp3) is 0.789. The van der Waals surface area contributed by atoms with Crippen LogP contribution in [0.3, 0.4) is 0 Å². The van der Waals surface area contributed by atoms with Crippen LogP contribution in [0.5, 0.6) is 0 Å². The molecule has 3 rings (SSSR count). The standard InChI is InChI=1S/C19H34N6S2.HI/c1-20-17(21-13-16-14-27-18(23-16)24(2)3)22-15-19(7-5-4-6-8-19)25-9-11-26-12-10-25;/h14H,4-13,15H2,1-3H3,(H2,20,21,22);1H. The summed E-state index contributed by atoms with van der Waals surface area (Å²) in [4.78, 5) is 13.9. The lowest BCUT2D eigenvalue weighted by Gasteiger charge is -2.48. The van der Waals surface area contributed by atoms with Crippen LogP contribution >= 0.6 is 47.1 Å². The van der Waals surface area contributed by atoms with E-state index in [0.29, 0.717) is 12.1 Å². The van der Waals surface area contributed by atoms with E-state index in [-0.39, 0.29) is 24.0 Å². The Bertz CT molecular complexity index is 609. The first-order chi connectivity index (χ1) is 13.1. The number of thiazole rings is 1. The van der Waals surface area contributed by atoms with Crippen LogP contribution in [0.15, 0.2) is 10.4 Å². The van der Waals surface area contributed by atoms with Crippen LogP contribution in [0.1, 0.15) is 37.8 Å². The van der Waals surface area contributed by atoms with Gasteiger partial charge in [0.05, 0.1) is 12.2 Å². The first kappa shape index (κ1) is 24.0. The summed E-state index contributed by atoms with van der Waals surface area (Å²) < 4.78 is 0. The summed E-state index contributed by atoms with van der Waals surface area (Å²) >= 11 is 3.77. The molecule has 1 aliphatic heterocycles. The molecular weight excluding hydrogens is 503 g/mol. The van der Waals surface area contributed by atoms with Crippen molar-refractivity contribution in [3.8, 4) is 0 Å². The van der Waals surface area contributed by atoms with Gasteiger partial charge in [-0.1, -0.05) is 19.3 Å². The number of aliphatic imine (C=N–C) groups is 1. The molecule has 1 saturated carbocycles. The van der Waals surface area contributed by atoms with Crippen molar-refractivity contribution in [2.75, 3.05) is 57.2 Å². The van der Waals surface area contributed by atoms with Crippen LogP contribution in [0.4, 0.5) is 5.13 Å². The summed E-state index contributed by atoms with van der Waals surface area (Å²) in [6.07, 6.45) is 6.70. The molecule has 0 radical (unpaired) electrons. The highest BCUT2D eigenvalue weighted by Crippen LogP contribution is 2.34. The first-order valence-corrected chi connectivity index (χ1v) is 12.1. The summed E-state index contributed by atoms with van der Waals surface area (Å²) in [7, 11) is 5.91. The quantitative estimate of drug-likeness (QED) is 0.330. The van der Waals surface area contributed by atoms with Crippen molar-refractivity contribution in [3.05, 3.63) is 11.1 Å². The zero-order valence-electron chi connectivity index (χ0n) is 17.4. The molecule has 0 amide bonds. The van der Waals surface area contributed by atoms with E-state index in [4.69, 9.17) is 0 Å². The summed E-state index contributed by atoms with van der Waals surface area (Å²) in [5, 5.41) is 10.2. The third kappa shape index (κ3) is 6.37. The monoisotopic (exact) mass is 538 g/mol. The zero-order valence-corrected chi connectivity index (χ0v) is 21.3. The Morgan fingerprint density at radius 3 is 2.54 bits per heavy atom. The molecule has 2 heterocycles. The van der Waals surface area contributed by atoms with Crippen molar-refractivity contribution in [2.24, 2.45) is 4.99 Å². The summed E-state index contributed by atoms with van der Waals surface area (Å²) in [6, 6.07) is 0. The molecule has 0 unspecified atom stereocenters. The topological polar surface area (TPSA) is 55.8 Å². The normalized spacial score (nSPS) is 20.3.